The predicted molar refractivity (Wildman–Crippen MR) is 81.9 cm³/mol. The lowest BCUT2D eigenvalue weighted by Crippen LogP contribution is -2.28. The van der Waals surface area contributed by atoms with Gasteiger partial charge in [-0.25, -0.2) is 0 Å². The monoisotopic (exact) mass is 271 g/mol. The van der Waals surface area contributed by atoms with Gasteiger partial charge in [0.1, 0.15) is 11.5 Å². The Morgan fingerprint density at radius 1 is 1.10 bits per heavy atom. The molecule has 3 nitrogen and oxygen atoms in total. The molecule has 2 aromatic rings. The molecule has 1 saturated heterocycles. The van der Waals surface area contributed by atoms with Gasteiger partial charge in [0.2, 0.25) is 0 Å². The zero-order chi connectivity index (χ0) is 13.9. The third kappa shape index (κ3) is 2.34. The molecule has 0 amide bonds. The molecule has 1 fully saturated rings. The molecule has 2 aromatic carbocycles. The molecule has 0 aromatic heterocycles. The molecule has 106 valence electrons. The average molecular weight is 271 g/mol. The fourth-order valence-electron chi connectivity index (χ4n) is 3.13. The largest absolute Gasteiger partial charge is 0.497 e. The summed E-state index contributed by atoms with van der Waals surface area (Å²) in [5.41, 5.74) is 1.32. The van der Waals surface area contributed by atoms with Crippen molar-refractivity contribution in [3.05, 3.63) is 35.9 Å². The van der Waals surface area contributed by atoms with Gasteiger partial charge in [-0.3, -0.25) is 0 Å². The highest BCUT2D eigenvalue weighted by Crippen LogP contribution is 2.38. The highest BCUT2D eigenvalue weighted by atomic mass is 16.5. The molecule has 1 N–H and O–H groups in total. The topological polar surface area (TPSA) is 30.5 Å². The summed E-state index contributed by atoms with van der Waals surface area (Å²) in [5, 5.41) is 5.98. The number of ether oxygens (including phenoxy) is 2. The molecule has 0 spiro atoms. The summed E-state index contributed by atoms with van der Waals surface area (Å²) in [6.07, 6.45) is 2.42. The summed E-state index contributed by atoms with van der Waals surface area (Å²) in [7, 11) is 3.46. The van der Waals surface area contributed by atoms with E-state index in [4.69, 9.17) is 9.47 Å². The second kappa shape index (κ2) is 5.71. The number of fused-ring (bicyclic) bond motifs is 1. The van der Waals surface area contributed by atoms with Crippen LogP contribution < -0.4 is 14.8 Å². The lowest BCUT2D eigenvalue weighted by molar-refractivity contribution is 0.393. The molecule has 0 aliphatic carbocycles. The summed E-state index contributed by atoms with van der Waals surface area (Å²) < 4.78 is 11.0. The van der Waals surface area contributed by atoms with Crippen LogP contribution in [-0.2, 0) is 0 Å². The van der Waals surface area contributed by atoms with E-state index >= 15 is 0 Å². The molecule has 3 rings (SSSR count). The molecule has 1 aliphatic rings. The maximum atomic E-state index is 5.61. The second-order valence-corrected chi connectivity index (χ2v) is 5.31. The van der Waals surface area contributed by atoms with Crippen molar-refractivity contribution in [3.8, 4) is 11.5 Å². The summed E-state index contributed by atoms with van der Waals surface area (Å²) >= 11 is 0. The van der Waals surface area contributed by atoms with Crippen LogP contribution in [-0.4, -0.2) is 27.3 Å². The Kier molecular flexibility index (Phi) is 3.79. The lowest BCUT2D eigenvalue weighted by Gasteiger charge is -2.26. The minimum absolute atomic E-state index is 0.509. The minimum Gasteiger partial charge on any atom is -0.497 e. The molecule has 0 radical (unpaired) electrons. The quantitative estimate of drug-likeness (QED) is 0.929. The van der Waals surface area contributed by atoms with Gasteiger partial charge in [-0.1, -0.05) is 12.1 Å². The van der Waals surface area contributed by atoms with Gasteiger partial charge in [-0.15, -0.1) is 0 Å². The van der Waals surface area contributed by atoms with Gasteiger partial charge in [-0.05, 0) is 48.4 Å². The van der Waals surface area contributed by atoms with Gasteiger partial charge in [0.15, 0.2) is 0 Å². The van der Waals surface area contributed by atoms with E-state index in [2.05, 4.69) is 29.6 Å². The maximum Gasteiger partial charge on any atom is 0.123 e. The first-order chi connectivity index (χ1) is 9.83. The average Bonchev–Trinajstić information content (AvgIpc) is 2.53. The van der Waals surface area contributed by atoms with Crippen LogP contribution in [0, 0.1) is 0 Å². The van der Waals surface area contributed by atoms with E-state index in [9.17, 15) is 0 Å². The number of rotatable bonds is 3. The summed E-state index contributed by atoms with van der Waals surface area (Å²) in [4.78, 5) is 0. The fourth-order valence-corrected chi connectivity index (χ4v) is 3.13. The SMILES string of the molecule is COc1ccc2ccc(OC)c(C3CCCNC3)c2c1. The van der Waals surface area contributed by atoms with Crippen molar-refractivity contribution in [3.63, 3.8) is 0 Å². The summed E-state index contributed by atoms with van der Waals surface area (Å²) in [5.74, 6) is 2.39. The van der Waals surface area contributed by atoms with Gasteiger partial charge in [0.25, 0.3) is 0 Å². The first-order valence-corrected chi connectivity index (χ1v) is 7.19. The molecule has 20 heavy (non-hydrogen) atoms. The number of benzene rings is 2. The van der Waals surface area contributed by atoms with E-state index < -0.39 is 0 Å². The van der Waals surface area contributed by atoms with Crippen LogP contribution in [0.3, 0.4) is 0 Å². The summed E-state index contributed by atoms with van der Waals surface area (Å²) in [6.45, 7) is 2.14. The molecule has 1 atom stereocenters. The number of hydrogen-bond donors (Lipinski definition) is 1. The predicted octanol–water partition coefficient (Wildman–Crippen LogP) is 3.32. The first-order valence-electron chi connectivity index (χ1n) is 7.19. The molecule has 1 unspecified atom stereocenters. The fraction of sp³-hybridized carbons (Fsp3) is 0.412. The Labute approximate surface area is 119 Å². The Hall–Kier alpha value is -1.74. The van der Waals surface area contributed by atoms with Crippen molar-refractivity contribution < 1.29 is 9.47 Å². The zero-order valence-electron chi connectivity index (χ0n) is 12.1. The van der Waals surface area contributed by atoms with E-state index in [0.29, 0.717) is 5.92 Å². The van der Waals surface area contributed by atoms with Crippen LogP contribution in [0.2, 0.25) is 0 Å². The van der Waals surface area contributed by atoms with E-state index in [1.54, 1.807) is 14.2 Å². The second-order valence-electron chi connectivity index (χ2n) is 5.31. The third-order valence-corrected chi connectivity index (χ3v) is 4.16. The highest BCUT2D eigenvalue weighted by molar-refractivity contribution is 5.89. The van der Waals surface area contributed by atoms with Crippen molar-refractivity contribution in [1.29, 1.82) is 0 Å². The Morgan fingerprint density at radius 3 is 2.65 bits per heavy atom. The lowest BCUT2D eigenvalue weighted by atomic mass is 9.87. The summed E-state index contributed by atoms with van der Waals surface area (Å²) in [6, 6.07) is 10.5. The van der Waals surface area contributed by atoms with E-state index in [0.717, 1.165) is 24.6 Å². The number of piperidine rings is 1. The van der Waals surface area contributed by atoms with Crippen molar-refractivity contribution in [1.82, 2.24) is 5.32 Å². The van der Waals surface area contributed by atoms with Crippen molar-refractivity contribution in [2.24, 2.45) is 0 Å². The first kappa shape index (κ1) is 13.3. The molecule has 1 aliphatic heterocycles. The third-order valence-electron chi connectivity index (χ3n) is 4.16. The van der Waals surface area contributed by atoms with E-state index in [-0.39, 0.29) is 0 Å². The van der Waals surface area contributed by atoms with E-state index in [1.165, 1.54) is 29.2 Å². The van der Waals surface area contributed by atoms with Crippen LogP contribution in [0.25, 0.3) is 10.8 Å². The van der Waals surface area contributed by atoms with Gasteiger partial charge in [0.05, 0.1) is 14.2 Å². The van der Waals surface area contributed by atoms with Gasteiger partial charge in [0, 0.05) is 18.0 Å². The van der Waals surface area contributed by atoms with E-state index in [1.807, 2.05) is 6.07 Å². The number of methoxy groups -OCH3 is 2. The van der Waals surface area contributed by atoms with Crippen LogP contribution >= 0.6 is 0 Å². The Morgan fingerprint density at radius 2 is 1.95 bits per heavy atom. The van der Waals surface area contributed by atoms with Gasteiger partial charge >= 0.3 is 0 Å². The van der Waals surface area contributed by atoms with Crippen LogP contribution in [0.4, 0.5) is 0 Å². The molecule has 3 heteroatoms. The molecular weight excluding hydrogens is 250 g/mol. The molecule has 0 bridgehead atoms. The smallest absolute Gasteiger partial charge is 0.123 e. The van der Waals surface area contributed by atoms with Crippen LogP contribution in [0.1, 0.15) is 24.3 Å². The van der Waals surface area contributed by atoms with Crippen LogP contribution in [0.15, 0.2) is 30.3 Å². The number of nitrogens with one attached hydrogen (secondary N) is 1. The van der Waals surface area contributed by atoms with Crippen molar-refractivity contribution in [2.75, 3.05) is 27.3 Å². The highest BCUT2D eigenvalue weighted by Gasteiger charge is 2.21. The molecular formula is C17H21NO2. The molecule has 1 heterocycles. The minimum atomic E-state index is 0.509. The zero-order valence-corrected chi connectivity index (χ0v) is 12.1. The Balaban J connectivity index is 2.18. The van der Waals surface area contributed by atoms with Gasteiger partial charge < -0.3 is 14.8 Å². The maximum absolute atomic E-state index is 5.61. The van der Waals surface area contributed by atoms with Gasteiger partial charge in [-0.2, -0.15) is 0 Å². The van der Waals surface area contributed by atoms with Crippen LogP contribution in [0.5, 0.6) is 11.5 Å². The van der Waals surface area contributed by atoms with Crippen molar-refractivity contribution in [2.45, 2.75) is 18.8 Å². The normalized spacial score (nSPS) is 19.0. The number of hydrogen-bond acceptors (Lipinski definition) is 3. The van der Waals surface area contributed by atoms with Crippen molar-refractivity contribution >= 4 is 10.8 Å². The Bertz CT molecular complexity index is 598. The molecule has 0 saturated carbocycles. The standard InChI is InChI=1S/C17H21NO2/c1-19-14-7-5-12-6-8-16(20-2)17(15(12)10-14)13-4-3-9-18-11-13/h5-8,10,13,18H,3-4,9,11H2,1-2H3.